The van der Waals surface area contributed by atoms with Crippen molar-refractivity contribution >= 4 is 24.0 Å². The molecule has 92 valence electrons. The molecule has 5 nitrogen and oxygen atoms in total. The summed E-state index contributed by atoms with van der Waals surface area (Å²) in [6.07, 6.45) is 2.34. The lowest BCUT2D eigenvalue weighted by atomic mass is 10.2. The summed E-state index contributed by atoms with van der Waals surface area (Å²) in [4.78, 5) is 18.1. The van der Waals surface area contributed by atoms with Gasteiger partial charge in [0, 0.05) is 0 Å². The highest BCUT2D eigenvalue weighted by molar-refractivity contribution is 7.71. The fourth-order valence-corrected chi connectivity index (χ4v) is 1.46. The van der Waals surface area contributed by atoms with Crippen molar-refractivity contribution in [3.63, 3.8) is 0 Å². The standard InChI is InChI=1S/C12H11N3O2S/c16-12(15-10-6-13-8-14-11(10)18)17-7-9-4-2-1-3-5-9/h1-6,8H,7H2,(H,15,16)(H,13,14,18). The molecule has 1 aromatic heterocycles. The maximum absolute atomic E-state index is 11.5. The summed E-state index contributed by atoms with van der Waals surface area (Å²) < 4.78 is 5.45. The van der Waals surface area contributed by atoms with Crippen molar-refractivity contribution < 1.29 is 9.53 Å². The second kappa shape index (κ2) is 5.92. The Hall–Kier alpha value is -2.21. The summed E-state index contributed by atoms with van der Waals surface area (Å²) in [7, 11) is 0. The van der Waals surface area contributed by atoms with E-state index >= 15 is 0 Å². The van der Waals surface area contributed by atoms with E-state index in [1.165, 1.54) is 12.5 Å². The molecule has 0 aliphatic rings. The Balaban J connectivity index is 1.90. The average Bonchev–Trinajstić information content (AvgIpc) is 2.40. The van der Waals surface area contributed by atoms with Crippen molar-refractivity contribution in [2.45, 2.75) is 6.61 Å². The lowest BCUT2D eigenvalue weighted by Crippen LogP contribution is -2.14. The molecule has 0 saturated heterocycles. The predicted octanol–water partition coefficient (Wildman–Crippen LogP) is 2.89. The van der Waals surface area contributed by atoms with Gasteiger partial charge in [-0.3, -0.25) is 5.32 Å². The predicted molar refractivity (Wildman–Crippen MR) is 69.7 cm³/mol. The molecular formula is C12H11N3O2S. The molecule has 0 unspecified atom stereocenters. The van der Waals surface area contributed by atoms with Gasteiger partial charge in [0.1, 0.15) is 11.2 Å². The molecule has 0 atom stereocenters. The molecule has 2 rings (SSSR count). The number of H-pyrrole nitrogens is 1. The highest BCUT2D eigenvalue weighted by Gasteiger charge is 2.04. The lowest BCUT2D eigenvalue weighted by Gasteiger charge is -2.06. The van der Waals surface area contributed by atoms with Crippen LogP contribution >= 0.6 is 12.2 Å². The summed E-state index contributed by atoms with van der Waals surface area (Å²) in [6.45, 7) is 0.212. The van der Waals surface area contributed by atoms with Gasteiger partial charge in [0.15, 0.2) is 0 Å². The van der Waals surface area contributed by atoms with Crippen LogP contribution < -0.4 is 5.32 Å². The van der Waals surface area contributed by atoms with Gasteiger partial charge in [0.05, 0.1) is 18.2 Å². The Morgan fingerprint density at radius 3 is 2.89 bits per heavy atom. The van der Waals surface area contributed by atoms with Gasteiger partial charge in [-0.15, -0.1) is 0 Å². The van der Waals surface area contributed by atoms with Gasteiger partial charge in [-0.1, -0.05) is 42.5 Å². The second-order valence-electron chi connectivity index (χ2n) is 3.48. The molecule has 0 saturated carbocycles. The van der Waals surface area contributed by atoms with Crippen LogP contribution in [0.2, 0.25) is 0 Å². The van der Waals surface area contributed by atoms with Crippen molar-refractivity contribution in [1.29, 1.82) is 0 Å². The maximum atomic E-state index is 11.5. The first-order valence-corrected chi connectivity index (χ1v) is 5.67. The number of carbonyl (C=O) groups is 1. The number of hydrogen-bond acceptors (Lipinski definition) is 4. The molecular weight excluding hydrogens is 250 g/mol. The first kappa shape index (κ1) is 12.3. The second-order valence-corrected chi connectivity index (χ2v) is 3.89. The van der Waals surface area contributed by atoms with Gasteiger partial charge in [0.2, 0.25) is 0 Å². The zero-order valence-corrected chi connectivity index (χ0v) is 10.2. The number of rotatable bonds is 3. The van der Waals surface area contributed by atoms with Crippen molar-refractivity contribution in [2.24, 2.45) is 0 Å². The Labute approximate surface area is 109 Å². The number of aromatic nitrogens is 2. The van der Waals surface area contributed by atoms with E-state index in [1.54, 1.807) is 0 Å². The van der Waals surface area contributed by atoms with Gasteiger partial charge in [-0.25, -0.2) is 9.78 Å². The fourth-order valence-electron chi connectivity index (χ4n) is 1.30. The van der Waals surface area contributed by atoms with Gasteiger partial charge < -0.3 is 9.72 Å². The van der Waals surface area contributed by atoms with Crippen molar-refractivity contribution in [1.82, 2.24) is 9.97 Å². The highest BCUT2D eigenvalue weighted by atomic mass is 32.1. The third kappa shape index (κ3) is 3.39. The van der Waals surface area contributed by atoms with Crippen molar-refractivity contribution in [2.75, 3.05) is 5.32 Å². The van der Waals surface area contributed by atoms with Crippen LogP contribution in [-0.2, 0) is 11.3 Å². The van der Waals surface area contributed by atoms with Gasteiger partial charge in [-0.05, 0) is 5.56 Å². The van der Waals surface area contributed by atoms with Gasteiger partial charge in [-0.2, -0.15) is 0 Å². The Morgan fingerprint density at radius 2 is 2.17 bits per heavy atom. The number of hydrogen-bond donors (Lipinski definition) is 2. The van der Waals surface area contributed by atoms with Crippen LogP contribution in [0.3, 0.4) is 0 Å². The Kier molecular flexibility index (Phi) is 4.03. The zero-order chi connectivity index (χ0) is 12.8. The van der Waals surface area contributed by atoms with Crippen LogP contribution in [0, 0.1) is 4.64 Å². The number of ether oxygens (including phenoxy) is 1. The van der Waals surface area contributed by atoms with E-state index in [4.69, 9.17) is 17.0 Å². The summed E-state index contributed by atoms with van der Waals surface area (Å²) in [6, 6.07) is 9.42. The summed E-state index contributed by atoms with van der Waals surface area (Å²) in [5.41, 5.74) is 1.34. The van der Waals surface area contributed by atoms with Crippen LogP contribution in [0.4, 0.5) is 10.5 Å². The molecule has 0 radical (unpaired) electrons. The molecule has 0 bridgehead atoms. The summed E-state index contributed by atoms with van der Waals surface area (Å²) in [5, 5.41) is 2.52. The first-order valence-electron chi connectivity index (χ1n) is 5.26. The topological polar surface area (TPSA) is 67.0 Å². The van der Waals surface area contributed by atoms with E-state index in [2.05, 4.69) is 15.3 Å². The number of nitrogens with one attached hydrogen (secondary N) is 2. The molecule has 0 fully saturated rings. The van der Waals surface area contributed by atoms with E-state index in [1.807, 2.05) is 30.3 Å². The van der Waals surface area contributed by atoms with E-state index in [-0.39, 0.29) is 6.61 Å². The molecule has 0 aliphatic carbocycles. The van der Waals surface area contributed by atoms with Crippen LogP contribution in [0.15, 0.2) is 42.9 Å². The molecule has 0 aliphatic heterocycles. The minimum Gasteiger partial charge on any atom is -0.444 e. The van der Waals surface area contributed by atoms with E-state index in [0.29, 0.717) is 10.3 Å². The molecule has 0 spiro atoms. The molecule has 1 aromatic carbocycles. The molecule has 2 aromatic rings. The van der Waals surface area contributed by atoms with E-state index in [9.17, 15) is 4.79 Å². The fraction of sp³-hybridized carbons (Fsp3) is 0.0833. The molecule has 2 N–H and O–H groups in total. The minimum absolute atomic E-state index is 0.212. The quantitative estimate of drug-likeness (QED) is 0.834. The molecule has 6 heteroatoms. The van der Waals surface area contributed by atoms with Crippen molar-refractivity contribution in [3.8, 4) is 0 Å². The monoisotopic (exact) mass is 261 g/mol. The number of amides is 1. The van der Waals surface area contributed by atoms with Crippen molar-refractivity contribution in [3.05, 3.63) is 53.1 Å². The third-order valence-electron chi connectivity index (χ3n) is 2.17. The maximum Gasteiger partial charge on any atom is 0.412 e. The van der Waals surface area contributed by atoms with Crippen LogP contribution in [-0.4, -0.2) is 16.1 Å². The van der Waals surface area contributed by atoms with E-state index in [0.717, 1.165) is 5.56 Å². The zero-order valence-electron chi connectivity index (χ0n) is 9.42. The molecule has 1 amide bonds. The average molecular weight is 261 g/mol. The summed E-state index contributed by atoms with van der Waals surface area (Å²) in [5.74, 6) is 0. The number of benzene rings is 1. The molecule has 18 heavy (non-hydrogen) atoms. The number of anilines is 1. The lowest BCUT2D eigenvalue weighted by molar-refractivity contribution is 0.155. The van der Waals surface area contributed by atoms with Crippen LogP contribution in [0.25, 0.3) is 0 Å². The van der Waals surface area contributed by atoms with E-state index < -0.39 is 6.09 Å². The third-order valence-corrected chi connectivity index (χ3v) is 2.51. The normalized spacial score (nSPS) is 9.78. The number of carbonyl (C=O) groups excluding carboxylic acids is 1. The first-order chi connectivity index (χ1) is 8.75. The number of nitrogens with zero attached hydrogens (tertiary/aromatic N) is 1. The van der Waals surface area contributed by atoms with Crippen LogP contribution in [0.1, 0.15) is 5.56 Å². The smallest absolute Gasteiger partial charge is 0.412 e. The Morgan fingerprint density at radius 1 is 1.39 bits per heavy atom. The number of aromatic amines is 1. The molecule has 1 heterocycles. The van der Waals surface area contributed by atoms with Crippen LogP contribution in [0.5, 0.6) is 0 Å². The van der Waals surface area contributed by atoms with Gasteiger partial charge in [0.25, 0.3) is 0 Å². The minimum atomic E-state index is -0.564. The highest BCUT2D eigenvalue weighted by Crippen LogP contribution is 2.06. The van der Waals surface area contributed by atoms with Gasteiger partial charge >= 0.3 is 6.09 Å². The SMILES string of the molecule is O=C(Nc1cnc[nH]c1=S)OCc1ccccc1. The summed E-state index contributed by atoms with van der Waals surface area (Å²) >= 11 is 4.98. The Bertz CT molecular complexity index is 583. The largest absolute Gasteiger partial charge is 0.444 e.